The van der Waals surface area contributed by atoms with Crippen LogP contribution in [0.15, 0.2) is 47.1 Å². The molecule has 2 rings (SSSR count). The van der Waals surface area contributed by atoms with Crippen LogP contribution in [0.25, 0.3) is 0 Å². The van der Waals surface area contributed by atoms with E-state index >= 15 is 0 Å². The quantitative estimate of drug-likeness (QED) is 0.388. The summed E-state index contributed by atoms with van der Waals surface area (Å²) in [5.41, 5.74) is 2.16. The number of methoxy groups -OCH3 is 2. The Hall–Kier alpha value is -3.15. The van der Waals surface area contributed by atoms with Gasteiger partial charge in [-0.15, -0.1) is 0 Å². The maximum absolute atomic E-state index is 13.3. The van der Waals surface area contributed by atoms with Gasteiger partial charge in [-0.05, 0) is 45.9 Å². The number of ether oxygens (including phenoxy) is 3. The molecule has 6 heteroatoms. The molecule has 0 saturated carbocycles. The largest absolute Gasteiger partial charge is 0.496 e. The predicted octanol–water partition coefficient (Wildman–Crippen LogP) is 4.24. The normalized spacial score (nSPS) is 13.7. The Bertz CT molecular complexity index is 925. The van der Waals surface area contributed by atoms with Gasteiger partial charge >= 0.3 is 5.97 Å². The van der Waals surface area contributed by atoms with Gasteiger partial charge in [-0.1, -0.05) is 17.2 Å². The number of allylic oxidation sites excluding steroid dienone is 3. The van der Waals surface area contributed by atoms with Crippen molar-refractivity contribution in [2.45, 2.75) is 40.2 Å². The maximum Gasteiger partial charge on any atom is 0.331 e. The molecule has 1 aromatic rings. The van der Waals surface area contributed by atoms with Crippen LogP contribution >= 0.6 is 0 Å². The number of ketones is 2. The molecular formula is C23H26O6. The number of hydrogen-bond donors (Lipinski definition) is 0. The van der Waals surface area contributed by atoms with Crippen molar-refractivity contribution in [2.75, 3.05) is 14.2 Å². The third-order valence-corrected chi connectivity index (χ3v) is 4.34. The monoisotopic (exact) mass is 398 g/mol. The average molecular weight is 398 g/mol. The molecule has 0 saturated heterocycles. The van der Waals surface area contributed by atoms with E-state index in [0.29, 0.717) is 0 Å². The Morgan fingerprint density at radius 2 is 1.55 bits per heavy atom. The lowest BCUT2D eigenvalue weighted by Crippen LogP contribution is -2.29. The van der Waals surface area contributed by atoms with E-state index < -0.39 is 23.6 Å². The zero-order valence-corrected chi connectivity index (χ0v) is 17.6. The van der Waals surface area contributed by atoms with Gasteiger partial charge in [-0.25, -0.2) is 4.79 Å². The highest BCUT2D eigenvalue weighted by atomic mass is 16.5. The zero-order chi connectivity index (χ0) is 21.7. The van der Waals surface area contributed by atoms with E-state index in [1.54, 1.807) is 26.0 Å². The lowest BCUT2D eigenvalue weighted by atomic mass is 9.85. The second kappa shape index (κ2) is 9.37. The zero-order valence-electron chi connectivity index (χ0n) is 17.6. The lowest BCUT2D eigenvalue weighted by Gasteiger charge is -2.24. The van der Waals surface area contributed by atoms with Crippen molar-refractivity contribution in [3.05, 3.63) is 58.2 Å². The molecule has 1 aliphatic carbocycles. The smallest absolute Gasteiger partial charge is 0.331 e. The van der Waals surface area contributed by atoms with Gasteiger partial charge in [-0.2, -0.15) is 0 Å². The Kier molecular flexibility index (Phi) is 7.15. The second-order valence-electron chi connectivity index (χ2n) is 7.18. The fraction of sp³-hybridized carbons (Fsp3) is 0.348. The van der Waals surface area contributed by atoms with E-state index in [1.807, 2.05) is 19.9 Å². The van der Waals surface area contributed by atoms with Crippen molar-refractivity contribution >= 4 is 17.5 Å². The first-order valence-corrected chi connectivity index (χ1v) is 9.24. The number of carbonyl (C=O) groups is 3. The molecule has 0 amide bonds. The van der Waals surface area contributed by atoms with Crippen LogP contribution in [0, 0.1) is 0 Å². The van der Waals surface area contributed by atoms with Gasteiger partial charge in [-0.3, -0.25) is 9.59 Å². The average Bonchev–Trinajstić information content (AvgIpc) is 2.66. The summed E-state index contributed by atoms with van der Waals surface area (Å²) in [7, 11) is 2.85. The van der Waals surface area contributed by atoms with Crippen LogP contribution in [0.4, 0.5) is 0 Å². The van der Waals surface area contributed by atoms with Gasteiger partial charge in [0.2, 0.25) is 0 Å². The molecule has 154 valence electrons. The van der Waals surface area contributed by atoms with Crippen molar-refractivity contribution in [3.8, 4) is 11.5 Å². The van der Waals surface area contributed by atoms with Crippen molar-refractivity contribution in [3.63, 3.8) is 0 Å². The second-order valence-corrected chi connectivity index (χ2v) is 7.18. The fourth-order valence-corrected chi connectivity index (χ4v) is 3.03. The number of fused-ring (bicyclic) bond motifs is 1. The van der Waals surface area contributed by atoms with Crippen LogP contribution in [0.3, 0.4) is 0 Å². The van der Waals surface area contributed by atoms with Crippen molar-refractivity contribution in [1.29, 1.82) is 0 Å². The molecular weight excluding hydrogens is 372 g/mol. The van der Waals surface area contributed by atoms with Crippen molar-refractivity contribution < 1.29 is 28.6 Å². The third kappa shape index (κ3) is 5.02. The summed E-state index contributed by atoms with van der Waals surface area (Å²) in [6, 6.07) is 3.16. The minimum Gasteiger partial charge on any atom is -0.496 e. The first-order valence-electron chi connectivity index (χ1n) is 9.24. The fourth-order valence-electron chi connectivity index (χ4n) is 3.03. The van der Waals surface area contributed by atoms with Crippen LogP contribution in [-0.4, -0.2) is 37.9 Å². The Morgan fingerprint density at radius 1 is 0.966 bits per heavy atom. The van der Waals surface area contributed by atoms with Crippen LogP contribution in [0.2, 0.25) is 0 Å². The molecule has 0 bridgehead atoms. The summed E-state index contributed by atoms with van der Waals surface area (Å²) in [5, 5.41) is 0. The van der Waals surface area contributed by atoms with Gasteiger partial charge in [0, 0.05) is 18.1 Å². The summed E-state index contributed by atoms with van der Waals surface area (Å²) >= 11 is 0. The van der Waals surface area contributed by atoms with Crippen LogP contribution in [0.5, 0.6) is 11.5 Å². The van der Waals surface area contributed by atoms with E-state index in [1.165, 1.54) is 26.4 Å². The van der Waals surface area contributed by atoms with Crippen LogP contribution < -0.4 is 9.47 Å². The topological polar surface area (TPSA) is 78.9 Å². The molecule has 0 N–H and O–H groups in total. The Morgan fingerprint density at radius 3 is 2.07 bits per heavy atom. The summed E-state index contributed by atoms with van der Waals surface area (Å²) in [4.78, 5) is 38.4. The first kappa shape index (κ1) is 22.1. The van der Waals surface area contributed by atoms with E-state index in [9.17, 15) is 14.4 Å². The van der Waals surface area contributed by atoms with Gasteiger partial charge in [0.15, 0.2) is 11.6 Å². The predicted molar refractivity (Wildman–Crippen MR) is 110 cm³/mol. The number of Topliss-reactive ketones (excluding diaryl/α,β-unsaturated/α-hetero) is 1. The SMILES string of the molecule is COc1ccc(OC)c2c1C(=O)C=C([C@@H](CC=C(C)C)OC(=O)C=C(C)C)C2=O. The summed E-state index contributed by atoms with van der Waals surface area (Å²) in [6.45, 7) is 7.35. The van der Waals surface area contributed by atoms with Crippen LogP contribution in [0.1, 0.15) is 54.8 Å². The van der Waals surface area contributed by atoms with Gasteiger partial charge in [0.1, 0.15) is 17.6 Å². The first-order chi connectivity index (χ1) is 13.7. The molecule has 29 heavy (non-hydrogen) atoms. The van der Waals surface area contributed by atoms with Gasteiger partial charge < -0.3 is 14.2 Å². The molecule has 0 unspecified atom stereocenters. The maximum atomic E-state index is 13.3. The van der Waals surface area contributed by atoms with E-state index in [-0.39, 0.29) is 34.6 Å². The molecule has 0 aromatic heterocycles. The van der Waals surface area contributed by atoms with Crippen molar-refractivity contribution in [2.24, 2.45) is 0 Å². The molecule has 1 aromatic carbocycles. The molecule has 1 aliphatic rings. The number of rotatable bonds is 7. The van der Waals surface area contributed by atoms with E-state index in [4.69, 9.17) is 14.2 Å². The Balaban J connectivity index is 2.55. The molecule has 0 radical (unpaired) electrons. The third-order valence-electron chi connectivity index (χ3n) is 4.34. The number of benzene rings is 1. The van der Waals surface area contributed by atoms with Crippen molar-refractivity contribution in [1.82, 2.24) is 0 Å². The highest BCUT2D eigenvalue weighted by molar-refractivity contribution is 6.27. The minimum absolute atomic E-state index is 0.113. The van der Waals surface area contributed by atoms with E-state index in [0.717, 1.165) is 11.1 Å². The Labute approximate surface area is 170 Å². The highest BCUT2D eigenvalue weighted by Gasteiger charge is 2.36. The molecule has 6 nitrogen and oxygen atoms in total. The molecule has 1 atom stereocenters. The molecule has 0 aliphatic heterocycles. The number of hydrogen-bond acceptors (Lipinski definition) is 6. The standard InChI is InChI=1S/C23H26O6/c1-13(2)7-8-17(29-20(25)11-14(3)4)15-12-16(24)21-18(27-5)9-10-19(28-6)22(21)23(15)26/h7,9-12,17H,8H2,1-6H3/t17-/m1/s1. The molecule has 0 heterocycles. The molecule has 0 spiro atoms. The minimum atomic E-state index is -0.895. The van der Waals surface area contributed by atoms with Crippen LogP contribution in [-0.2, 0) is 9.53 Å². The van der Waals surface area contributed by atoms with E-state index in [2.05, 4.69) is 0 Å². The summed E-state index contributed by atoms with van der Waals surface area (Å²) < 4.78 is 16.1. The summed E-state index contributed by atoms with van der Waals surface area (Å²) in [6.07, 6.45) is 3.82. The lowest BCUT2D eigenvalue weighted by molar-refractivity contribution is -0.141. The molecule has 0 fully saturated rings. The number of carbonyl (C=O) groups excluding carboxylic acids is 3. The van der Waals surface area contributed by atoms with Gasteiger partial charge in [0.05, 0.1) is 25.3 Å². The summed E-state index contributed by atoms with van der Waals surface area (Å²) in [5.74, 6) is -0.835. The van der Waals surface area contributed by atoms with Gasteiger partial charge in [0.25, 0.3) is 0 Å². The number of esters is 1. The highest BCUT2D eigenvalue weighted by Crippen LogP contribution is 2.37.